The number of nitrogens with zero attached hydrogens (tertiary/aromatic N) is 1. The van der Waals surface area contributed by atoms with Crippen molar-refractivity contribution in [2.45, 2.75) is 0 Å². The molecule has 0 atom stereocenters. The molecule has 1 aromatic heterocycles. The van der Waals surface area contributed by atoms with E-state index in [1.807, 2.05) is 0 Å². The molecule has 34 valence electrons. The summed E-state index contributed by atoms with van der Waals surface area (Å²) in [6.07, 6.45) is 0. The molecule has 0 spiro atoms. The van der Waals surface area contributed by atoms with Crippen LogP contribution in [-0.2, 0) is 0 Å². The maximum Gasteiger partial charge on any atom is 0.250 e. The molecule has 1 N–H and O–H groups in total. The summed E-state index contributed by atoms with van der Waals surface area (Å²) in [5, 5.41) is 6.25. The molecule has 4 heteroatoms. The fourth-order valence-corrected chi connectivity index (χ4v) is 0.456. The van der Waals surface area contributed by atoms with Crippen LogP contribution in [0.15, 0.2) is 11.0 Å². The molecule has 0 bridgehead atoms. The molecule has 0 saturated heterocycles. The second kappa shape index (κ2) is 3.24. The number of rotatable bonds is 0. The molecular formula is C2H3BrN2S. The summed E-state index contributed by atoms with van der Waals surface area (Å²) >= 11 is 1.55. The minimum atomic E-state index is 0. The average Bonchev–Trinajstić information content (AvgIpc) is 1.76. The van der Waals surface area contributed by atoms with Gasteiger partial charge in [-0.15, -0.1) is 0 Å². The van der Waals surface area contributed by atoms with Gasteiger partial charge in [-0.05, 0) is 0 Å². The first-order chi connectivity index (χ1) is 2.50. The third-order valence-corrected chi connectivity index (χ3v) is 0.777. The predicted octanol–water partition coefficient (Wildman–Crippen LogP) is -3.04. The molecule has 0 saturated carbocycles. The molecule has 0 amide bonds. The van der Waals surface area contributed by atoms with E-state index in [4.69, 9.17) is 0 Å². The van der Waals surface area contributed by atoms with Gasteiger partial charge < -0.3 is 17.0 Å². The summed E-state index contributed by atoms with van der Waals surface area (Å²) in [6.45, 7) is 0. The van der Waals surface area contributed by atoms with Gasteiger partial charge in [0.1, 0.15) is 0 Å². The third-order valence-electron chi connectivity index (χ3n) is 0.309. The number of nitrogens with one attached hydrogen (secondary N) is 1. The molecule has 0 fully saturated rings. The SMILES string of the molecule is [Br-].c1n[nH+]cs1. The summed E-state index contributed by atoms with van der Waals surface area (Å²) in [7, 11) is 0. The maximum absolute atomic E-state index is 3.62. The number of aromatic amines is 1. The van der Waals surface area contributed by atoms with Crippen LogP contribution in [0.4, 0.5) is 0 Å². The van der Waals surface area contributed by atoms with Crippen LogP contribution in [0, 0.1) is 0 Å². The van der Waals surface area contributed by atoms with Crippen LogP contribution in [0.2, 0.25) is 0 Å². The van der Waals surface area contributed by atoms with E-state index in [2.05, 4.69) is 10.2 Å². The Labute approximate surface area is 50.0 Å². The monoisotopic (exact) mass is 166 g/mol. The van der Waals surface area contributed by atoms with Gasteiger partial charge in [-0.3, -0.25) is 0 Å². The molecule has 0 radical (unpaired) electrons. The average molecular weight is 167 g/mol. The highest BCUT2D eigenvalue weighted by atomic mass is 79.9. The Morgan fingerprint density at radius 2 is 2.50 bits per heavy atom. The summed E-state index contributed by atoms with van der Waals surface area (Å²) in [5.74, 6) is 0. The first-order valence-corrected chi connectivity index (χ1v) is 2.18. The van der Waals surface area contributed by atoms with Crippen molar-refractivity contribution in [2.75, 3.05) is 0 Å². The standard InChI is InChI=1S/C2H2N2S.BrH/c1-3-4-2-5-1;/h1-2H;1H. The zero-order valence-electron chi connectivity index (χ0n) is 2.89. The lowest BCUT2D eigenvalue weighted by molar-refractivity contribution is -0.447. The van der Waals surface area contributed by atoms with Gasteiger partial charge >= 0.3 is 0 Å². The minimum absolute atomic E-state index is 0. The Bertz CT molecular complexity index is 68.0. The smallest absolute Gasteiger partial charge is 0.250 e. The Hall–Kier alpha value is 0.0400. The van der Waals surface area contributed by atoms with Crippen LogP contribution in [0.3, 0.4) is 0 Å². The van der Waals surface area contributed by atoms with Crippen molar-refractivity contribution in [3.05, 3.63) is 11.0 Å². The van der Waals surface area contributed by atoms with Crippen molar-refractivity contribution in [3.8, 4) is 0 Å². The highest BCUT2D eigenvalue weighted by Crippen LogP contribution is 1.76. The maximum atomic E-state index is 3.62. The number of aromatic nitrogens is 2. The Morgan fingerprint density at radius 3 is 2.67 bits per heavy atom. The quantitative estimate of drug-likeness (QED) is 0.403. The predicted molar refractivity (Wildman–Crippen MR) is 18.7 cm³/mol. The highest BCUT2D eigenvalue weighted by Gasteiger charge is 1.69. The number of hydrogen-bond acceptors (Lipinski definition) is 2. The Balaban J connectivity index is 0.000000250. The number of halogens is 1. The van der Waals surface area contributed by atoms with E-state index in [9.17, 15) is 0 Å². The Morgan fingerprint density at radius 1 is 1.67 bits per heavy atom. The summed E-state index contributed by atoms with van der Waals surface area (Å²) in [6, 6.07) is 0. The number of hydrogen-bond donors (Lipinski definition) is 0. The van der Waals surface area contributed by atoms with Crippen LogP contribution in [0.25, 0.3) is 0 Å². The molecule has 1 aromatic rings. The summed E-state index contributed by atoms with van der Waals surface area (Å²) < 4.78 is 0. The fraction of sp³-hybridized carbons (Fsp3) is 0. The van der Waals surface area contributed by atoms with Gasteiger partial charge in [0.25, 0.3) is 0 Å². The number of H-pyrrole nitrogens is 1. The second-order valence-corrected chi connectivity index (χ2v) is 1.34. The largest absolute Gasteiger partial charge is 1.00 e. The first-order valence-electron chi connectivity index (χ1n) is 1.24. The van der Waals surface area contributed by atoms with E-state index in [0.29, 0.717) is 0 Å². The zero-order valence-corrected chi connectivity index (χ0v) is 5.29. The lowest BCUT2D eigenvalue weighted by Gasteiger charge is -1.31. The molecule has 1 heterocycles. The van der Waals surface area contributed by atoms with E-state index in [1.165, 1.54) is 0 Å². The van der Waals surface area contributed by atoms with E-state index < -0.39 is 0 Å². The van der Waals surface area contributed by atoms with Crippen LogP contribution in [-0.4, -0.2) is 5.10 Å². The molecule has 0 aliphatic carbocycles. The zero-order chi connectivity index (χ0) is 3.54. The van der Waals surface area contributed by atoms with Gasteiger partial charge in [0.05, 0.1) is 0 Å². The van der Waals surface area contributed by atoms with Crippen LogP contribution < -0.4 is 22.1 Å². The molecule has 6 heavy (non-hydrogen) atoms. The van der Waals surface area contributed by atoms with Gasteiger partial charge in [0.15, 0.2) is 5.51 Å². The van der Waals surface area contributed by atoms with Gasteiger partial charge in [0.2, 0.25) is 5.51 Å². The first kappa shape index (κ1) is 6.04. The van der Waals surface area contributed by atoms with E-state index >= 15 is 0 Å². The molecule has 2 nitrogen and oxygen atoms in total. The van der Waals surface area contributed by atoms with Crippen LogP contribution >= 0.6 is 11.3 Å². The van der Waals surface area contributed by atoms with Crippen molar-refractivity contribution in [3.63, 3.8) is 0 Å². The van der Waals surface area contributed by atoms with Gasteiger partial charge in [-0.25, -0.2) is 0 Å². The van der Waals surface area contributed by atoms with E-state index in [1.54, 1.807) is 22.4 Å². The van der Waals surface area contributed by atoms with Gasteiger partial charge in [-0.1, -0.05) is 16.4 Å². The van der Waals surface area contributed by atoms with Crippen LogP contribution in [0.1, 0.15) is 0 Å². The van der Waals surface area contributed by atoms with Crippen molar-refractivity contribution in [1.82, 2.24) is 5.10 Å². The van der Waals surface area contributed by atoms with E-state index in [0.717, 1.165) is 0 Å². The lowest BCUT2D eigenvalue weighted by atomic mass is 11.6. The molecule has 0 aliphatic rings. The molecule has 1 rings (SSSR count). The second-order valence-electron chi connectivity index (χ2n) is 0.618. The van der Waals surface area contributed by atoms with Crippen molar-refractivity contribution >= 4 is 11.3 Å². The van der Waals surface area contributed by atoms with Gasteiger partial charge in [0, 0.05) is 5.10 Å². The molecule has 0 aromatic carbocycles. The highest BCUT2D eigenvalue weighted by molar-refractivity contribution is 7.06. The molecule has 0 aliphatic heterocycles. The van der Waals surface area contributed by atoms with Crippen LogP contribution in [0.5, 0.6) is 0 Å². The van der Waals surface area contributed by atoms with Gasteiger partial charge in [-0.2, -0.15) is 0 Å². The summed E-state index contributed by atoms with van der Waals surface area (Å²) in [4.78, 5) is 0. The summed E-state index contributed by atoms with van der Waals surface area (Å²) in [5.41, 5.74) is 3.54. The minimum Gasteiger partial charge on any atom is -1.00 e. The molecular weight excluding hydrogens is 164 g/mol. The fourth-order valence-electron chi connectivity index (χ4n) is 0.152. The third kappa shape index (κ3) is 1.47. The topological polar surface area (TPSA) is 27.0 Å². The van der Waals surface area contributed by atoms with Crippen molar-refractivity contribution < 1.29 is 22.1 Å². The van der Waals surface area contributed by atoms with Crippen molar-refractivity contribution in [1.29, 1.82) is 0 Å². The normalized spacial score (nSPS) is 6.67. The van der Waals surface area contributed by atoms with Crippen molar-refractivity contribution in [2.24, 2.45) is 0 Å². The van der Waals surface area contributed by atoms with E-state index in [-0.39, 0.29) is 17.0 Å². The Kier molecular flexibility index (Phi) is 3.26. The lowest BCUT2D eigenvalue weighted by Crippen LogP contribution is -3.00. The molecule has 0 unspecified atom stereocenters.